The number of hydrogen-bond acceptors (Lipinski definition) is 1. The summed E-state index contributed by atoms with van der Waals surface area (Å²) in [6.45, 7) is 4.58. The molecule has 192 valence electrons. The zero-order valence-electron chi connectivity index (χ0n) is 21.2. The van der Waals surface area contributed by atoms with Gasteiger partial charge in [-0.25, -0.2) is 13.2 Å². The van der Waals surface area contributed by atoms with Crippen molar-refractivity contribution in [2.45, 2.75) is 135 Å². The Morgan fingerprint density at radius 2 is 1.18 bits per heavy atom. The second-order valence-corrected chi connectivity index (χ2v) is 12.2. The number of ether oxygens (including phenoxy) is 1. The molecule has 0 aromatic rings. The fourth-order valence-electron chi connectivity index (χ4n) is 8.36. The van der Waals surface area contributed by atoms with Crippen molar-refractivity contribution in [2.75, 3.05) is 6.61 Å². The van der Waals surface area contributed by atoms with Crippen LogP contribution in [-0.2, 0) is 4.74 Å². The van der Waals surface area contributed by atoms with Crippen molar-refractivity contribution in [1.29, 1.82) is 0 Å². The predicted octanol–water partition coefficient (Wildman–Crippen LogP) is 8.65. The molecule has 4 aliphatic rings. The van der Waals surface area contributed by atoms with Gasteiger partial charge in [0.2, 0.25) is 0 Å². The molecule has 4 rings (SSSR count). The topological polar surface area (TPSA) is 9.23 Å². The van der Waals surface area contributed by atoms with E-state index < -0.39 is 30.5 Å². The lowest BCUT2D eigenvalue weighted by atomic mass is 9.63. The SMILES string of the molecule is CCCC1CCC(C2CCC(CCC3CC4CCC(OCC)C(F)C4C(F)C3F)CC2)CC1. The predicted molar refractivity (Wildman–Crippen MR) is 129 cm³/mol. The van der Waals surface area contributed by atoms with Crippen LogP contribution in [0.1, 0.15) is 110 Å². The van der Waals surface area contributed by atoms with Gasteiger partial charge in [-0.05, 0) is 93.8 Å². The first-order valence-corrected chi connectivity index (χ1v) is 14.6. The van der Waals surface area contributed by atoms with Crippen LogP contribution < -0.4 is 0 Å². The molecule has 7 atom stereocenters. The molecular weight excluding hydrogens is 421 g/mol. The standard InChI is InChI=1S/C29H49F3O/c1-3-5-19-6-11-21(12-7-19)22-13-8-20(9-14-22)10-15-24-18-23-16-17-25(33-4-2)28(31)26(23)29(32)27(24)30/h19-29H,3-18H2,1-2H3. The lowest BCUT2D eigenvalue weighted by Crippen LogP contribution is -2.53. The molecule has 4 aliphatic carbocycles. The van der Waals surface area contributed by atoms with Crippen molar-refractivity contribution in [3.8, 4) is 0 Å². The highest BCUT2D eigenvalue weighted by Crippen LogP contribution is 2.49. The summed E-state index contributed by atoms with van der Waals surface area (Å²) in [4.78, 5) is 0. The van der Waals surface area contributed by atoms with E-state index in [-0.39, 0.29) is 11.8 Å². The van der Waals surface area contributed by atoms with E-state index in [1.165, 1.54) is 64.2 Å². The fraction of sp³-hybridized carbons (Fsp3) is 1.00. The molecule has 0 bridgehead atoms. The van der Waals surface area contributed by atoms with Gasteiger partial charge in [-0.1, -0.05) is 51.9 Å². The molecule has 7 unspecified atom stereocenters. The van der Waals surface area contributed by atoms with Crippen LogP contribution in [0, 0.1) is 41.4 Å². The lowest BCUT2D eigenvalue weighted by molar-refractivity contribution is -0.123. The molecule has 0 saturated heterocycles. The van der Waals surface area contributed by atoms with Crippen LogP contribution in [-0.4, -0.2) is 31.2 Å². The van der Waals surface area contributed by atoms with E-state index in [1.807, 2.05) is 6.92 Å². The van der Waals surface area contributed by atoms with Crippen LogP contribution in [0.25, 0.3) is 0 Å². The Morgan fingerprint density at radius 3 is 1.76 bits per heavy atom. The van der Waals surface area contributed by atoms with Gasteiger partial charge in [0.1, 0.15) is 18.5 Å². The van der Waals surface area contributed by atoms with Gasteiger partial charge in [0, 0.05) is 12.5 Å². The van der Waals surface area contributed by atoms with Gasteiger partial charge >= 0.3 is 0 Å². The van der Waals surface area contributed by atoms with Crippen LogP contribution in [0.15, 0.2) is 0 Å². The number of hydrogen-bond donors (Lipinski definition) is 0. The van der Waals surface area contributed by atoms with Crippen LogP contribution in [0.3, 0.4) is 0 Å². The third-order valence-electron chi connectivity index (χ3n) is 10.3. The summed E-state index contributed by atoms with van der Waals surface area (Å²) in [6.07, 6.45) is 12.6. The lowest BCUT2D eigenvalue weighted by Gasteiger charge is -2.47. The van der Waals surface area contributed by atoms with Crippen molar-refractivity contribution in [2.24, 2.45) is 41.4 Å². The highest BCUT2D eigenvalue weighted by Gasteiger charge is 2.53. The smallest absolute Gasteiger partial charge is 0.137 e. The average Bonchev–Trinajstić information content (AvgIpc) is 2.83. The van der Waals surface area contributed by atoms with Crippen molar-refractivity contribution in [3.05, 3.63) is 0 Å². The molecule has 33 heavy (non-hydrogen) atoms. The number of rotatable bonds is 8. The minimum Gasteiger partial charge on any atom is -0.375 e. The molecule has 4 fully saturated rings. The summed E-state index contributed by atoms with van der Waals surface area (Å²) in [5.41, 5.74) is 0. The summed E-state index contributed by atoms with van der Waals surface area (Å²) in [6, 6.07) is 0. The van der Waals surface area contributed by atoms with E-state index in [0.29, 0.717) is 25.4 Å². The summed E-state index contributed by atoms with van der Waals surface area (Å²) in [5.74, 6) is 2.48. The Morgan fingerprint density at radius 1 is 0.606 bits per heavy atom. The first-order valence-electron chi connectivity index (χ1n) is 14.6. The fourth-order valence-corrected chi connectivity index (χ4v) is 8.36. The highest BCUT2D eigenvalue weighted by atomic mass is 19.2. The third kappa shape index (κ3) is 6.12. The normalized spacial score (nSPS) is 46.6. The van der Waals surface area contributed by atoms with E-state index in [2.05, 4.69) is 6.92 Å². The zero-order valence-corrected chi connectivity index (χ0v) is 21.2. The maximum absolute atomic E-state index is 15.1. The van der Waals surface area contributed by atoms with Crippen LogP contribution >= 0.6 is 0 Å². The summed E-state index contributed by atoms with van der Waals surface area (Å²) in [7, 11) is 0. The Labute approximate surface area is 201 Å². The number of halogens is 3. The van der Waals surface area contributed by atoms with E-state index in [0.717, 1.165) is 37.0 Å². The molecule has 0 aromatic heterocycles. The first-order chi connectivity index (χ1) is 16.0. The summed E-state index contributed by atoms with van der Waals surface area (Å²) in [5, 5.41) is 0. The van der Waals surface area contributed by atoms with Crippen molar-refractivity contribution < 1.29 is 17.9 Å². The van der Waals surface area contributed by atoms with Gasteiger partial charge in [-0.2, -0.15) is 0 Å². The van der Waals surface area contributed by atoms with E-state index in [9.17, 15) is 4.39 Å². The van der Waals surface area contributed by atoms with Crippen molar-refractivity contribution in [1.82, 2.24) is 0 Å². The molecule has 0 heterocycles. The zero-order chi connectivity index (χ0) is 23.4. The average molecular weight is 471 g/mol. The van der Waals surface area contributed by atoms with Crippen molar-refractivity contribution >= 4 is 0 Å². The molecule has 0 radical (unpaired) electrons. The summed E-state index contributed by atoms with van der Waals surface area (Å²) < 4.78 is 50.5. The first kappa shape index (κ1) is 25.8. The van der Waals surface area contributed by atoms with Crippen molar-refractivity contribution in [3.63, 3.8) is 0 Å². The number of alkyl halides is 3. The maximum atomic E-state index is 15.1. The molecule has 0 aromatic carbocycles. The molecule has 0 amide bonds. The van der Waals surface area contributed by atoms with Crippen LogP contribution in [0.5, 0.6) is 0 Å². The highest BCUT2D eigenvalue weighted by molar-refractivity contribution is 5.00. The maximum Gasteiger partial charge on any atom is 0.137 e. The van der Waals surface area contributed by atoms with E-state index in [1.54, 1.807) is 0 Å². The second-order valence-electron chi connectivity index (χ2n) is 12.2. The second kappa shape index (κ2) is 12.1. The molecule has 4 saturated carbocycles. The Hall–Kier alpha value is -0.250. The monoisotopic (exact) mass is 470 g/mol. The summed E-state index contributed by atoms with van der Waals surface area (Å²) >= 11 is 0. The van der Waals surface area contributed by atoms with E-state index in [4.69, 9.17) is 4.74 Å². The molecule has 1 nitrogen and oxygen atoms in total. The molecule has 0 spiro atoms. The van der Waals surface area contributed by atoms with Gasteiger partial charge in [0.15, 0.2) is 0 Å². The quantitative estimate of drug-likeness (QED) is 0.345. The van der Waals surface area contributed by atoms with Gasteiger partial charge in [-0.3, -0.25) is 0 Å². The van der Waals surface area contributed by atoms with Gasteiger partial charge in [-0.15, -0.1) is 0 Å². The van der Waals surface area contributed by atoms with Gasteiger partial charge in [0.25, 0.3) is 0 Å². The third-order valence-corrected chi connectivity index (χ3v) is 10.3. The minimum absolute atomic E-state index is 0.0118. The van der Waals surface area contributed by atoms with E-state index >= 15 is 8.78 Å². The van der Waals surface area contributed by atoms with Crippen LogP contribution in [0.4, 0.5) is 13.2 Å². The van der Waals surface area contributed by atoms with Gasteiger partial charge < -0.3 is 4.74 Å². The molecule has 0 aliphatic heterocycles. The molecule has 4 heteroatoms. The Bertz CT molecular complexity index is 567. The molecular formula is C29H49F3O. The van der Waals surface area contributed by atoms with Gasteiger partial charge in [0.05, 0.1) is 6.10 Å². The minimum atomic E-state index is -1.66. The molecule has 0 N–H and O–H groups in total. The Kier molecular flexibility index (Phi) is 9.49. The Balaban J connectivity index is 1.20. The number of fused-ring (bicyclic) bond motifs is 1. The largest absolute Gasteiger partial charge is 0.375 e. The van der Waals surface area contributed by atoms with Crippen LogP contribution in [0.2, 0.25) is 0 Å².